The Balaban J connectivity index is 1.55. The predicted molar refractivity (Wildman–Crippen MR) is 102 cm³/mol. The number of benzene rings is 1. The van der Waals surface area contributed by atoms with Crippen molar-refractivity contribution in [3.63, 3.8) is 0 Å². The molecule has 8 nitrogen and oxygen atoms in total. The van der Waals surface area contributed by atoms with Gasteiger partial charge in [-0.3, -0.25) is 9.36 Å². The highest BCUT2D eigenvalue weighted by Gasteiger charge is 2.13. The molecule has 4 rings (SSSR count). The van der Waals surface area contributed by atoms with Crippen LogP contribution in [0.2, 0.25) is 0 Å². The molecule has 0 aliphatic heterocycles. The van der Waals surface area contributed by atoms with E-state index < -0.39 is 0 Å². The van der Waals surface area contributed by atoms with E-state index in [1.54, 1.807) is 27.7 Å². The monoisotopic (exact) mass is 361 g/mol. The number of carbonyl (C=O) groups excluding carboxylic acids is 1. The van der Waals surface area contributed by atoms with E-state index in [2.05, 4.69) is 20.4 Å². The van der Waals surface area contributed by atoms with Crippen LogP contribution in [-0.4, -0.2) is 30.2 Å². The molecule has 4 aromatic rings. The van der Waals surface area contributed by atoms with Crippen molar-refractivity contribution in [3.05, 3.63) is 66.1 Å². The number of anilines is 1. The number of hydrogen-bond donors (Lipinski definition) is 2. The summed E-state index contributed by atoms with van der Waals surface area (Å²) in [5.41, 5.74) is 9.50. The van der Waals surface area contributed by atoms with Gasteiger partial charge in [0.2, 0.25) is 5.95 Å². The van der Waals surface area contributed by atoms with Gasteiger partial charge in [-0.25, -0.2) is 14.6 Å². The summed E-state index contributed by atoms with van der Waals surface area (Å²) in [6.07, 6.45) is 5.13. The van der Waals surface area contributed by atoms with Crippen molar-refractivity contribution in [1.29, 1.82) is 0 Å². The van der Waals surface area contributed by atoms with Crippen LogP contribution in [0.5, 0.6) is 0 Å². The molecule has 1 aromatic carbocycles. The van der Waals surface area contributed by atoms with E-state index in [1.165, 1.54) is 0 Å². The first-order chi connectivity index (χ1) is 13.2. The van der Waals surface area contributed by atoms with Gasteiger partial charge in [0.25, 0.3) is 5.91 Å². The summed E-state index contributed by atoms with van der Waals surface area (Å²) < 4.78 is 3.58. The quantitative estimate of drug-likeness (QED) is 0.567. The van der Waals surface area contributed by atoms with Crippen molar-refractivity contribution in [3.8, 4) is 5.69 Å². The number of amides is 1. The molecule has 0 unspecified atom stereocenters. The summed E-state index contributed by atoms with van der Waals surface area (Å²) in [6.45, 7) is 3.01. The van der Waals surface area contributed by atoms with Crippen LogP contribution in [0, 0.1) is 0 Å². The van der Waals surface area contributed by atoms with Crippen LogP contribution in [0.15, 0.2) is 55.0 Å². The molecule has 0 saturated carbocycles. The SMILES string of the molecule is CCn1c(N)nc2cc(C(=O)NCc3ccccc3-n3cccn3)cnc21. The second kappa shape index (κ2) is 6.91. The van der Waals surface area contributed by atoms with Crippen molar-refractivity contribution in [2.45, 2.75) is 20.0 Å². The Bertz CT molecular complexity index is 1100. The number of nitrogens with one attached hydrogen (secondary N) is 1. The molecule has 0 spiro atoms. The number of fused-ring (bicyclic) bond motifs is 1. The Kier molecular flexibility index (Phi) is 4.29. The van der Waals surface area contributed by atoms with E-state index in [0.29, 0.717) is 35.8 Å². The summed E-state index contributed by atoms with van der Waals surface area (Å²) in [7, 11) is 0. The molecule has 0 aliphatic rings. The third kappa shape index (κ3) is 3.12. The standard InChI is InChI=1S/C19H19N7O/c1-2-25-17-15(24-19(25)20)10-14(12-21-17)18(27)22-11-13-6-3-4-7-16(13)26-9-5-8-23-26/h3-10,12H,2,11H2,1H3,(H2,20,24)(H,22,27). The highest BCUT2D eigenvalue weighted by atomic mass is 16.1. The second-order valence-corrected chi connectivity index (χ2v) is 6.04. The Morgan fingerprint density at radius 3 is 2.89 bits per heavy atom. The lowest BCUT2D eigenvalue weighted by Crippen LogP contribution is -2.23. The first-order valence-electron chi connectivity index (χ1n) is 8.65. The summed E-state index contributed by atoms with van der Waals surface area (Å²) >= 11 is 0. The molecule has 0 fully saturated rings. The zero-order chi connectivity index (χ0) is 18.8. The van der Waals surface area contributed by atoms with Crippen LogP contribution in [0.4, 0.5) is 5.95 Å². The van der Waals surface area contributed by atoms with Crippen LogP contribution in [0.25, 0.3) is 16.9 Å². The number of hydrogen-bond acceptors (Lipinski definition) is 5. The molecule has 3 N–H and O–H groups in total. The van der Waals surface area contributed by atoms with Crippen molar-refractivity contribution in [2.24, 2.45) is 0 Å². The maximum absolute atomic E-state index is 12.6. The third-order valence-electron chi connectivity index (χ3n) is 4.38. The van der Waals surface area contributed by atoms with Gasteiger partial charge < -0.3 is 11.1 Å². The minimum absolute atomic E-state index is 0.218. The maximum Gasteiger partial charge on any atom is 0.253 e. The Hall–Kier alpha value is -3.68. The number of nitrogens with zero attached hydrogens (tertiary/aromatic N) is 5. The average Bonchev–Trinajstić information content (AvgIpc) is 3.32. The van der Waals surface area contributed by atoms with Gasteiger partial charge in [-0.15, -0.1) is 0 Å². The number of para-hydroxylation sites is 1. The molecule has 0 atom stereocenters. The van der Waals surface area contributed by atoms with E-state index in [-0.39, 0.29) is 5.91 Å². The summed E-state index contributed by atoms with van der Waals surface area (Å²) in [5, 5.41) is 7.19. The van der Waals surface area contributed by atoms with Gasteiger partial charge >= 0.3 is 0 Å². The number of pyridine rings is 1. The smallest absolute Gasteiger partial charge is 0.253 e. The van der Waals surface area contributed by atoms with E-state index in [4.69, 9.17) is 5.73 Å². The van der Waals surface area contributed by atoms with Gasteiger partial charge in [0, 0.05) is 31.7 Å². The second-order valence-electron chi connectivity index (χ2n) is 6.04. The van der Waals surface area contributed by atoms with Gasteiger partial charge in [0.05, 0.1) is 11.3 Å². The average molecular weight is 361 g/mol. The van der Waals surface area contributed by atoms with Crippen molar-refractivity contribution in [1.82, 2.24) is 29.6 Å². The van der Waals surface area contributed by atoms with Gasteiger partial charge in [-0.1, -0.05) is 18.2 Å². The van der Waals surface area contributed by atoms with E-state index in [9.17, 15) is 4.79 Å². The number of nitrogen functional groups attached to an aromatic ring is 1. The van der Waals surface area contributed by atoms with Gasteiger partial charge in [0.15, 0.2) is 5.65 Å². The van der Waals surface area contributed by atoms with E-state index >= 15 is 0 Å². The Morgan fingerprint density at radius 1 is 1.26 bits per heavy atom. The molecular weight excluding hydrogens is 342 g/mol. The largest absolute Gasteiger partial charge is 0.369 e. The zero-order valence-electron chi connectivity index (χ0n) is 14.8. The van der Waals surface area contributed by atoms with Crippen molar-refractivity contribution < 1.29 is 4.79 Å². The number of aryl methyl sites for hydroxylation is 1. The van der Waals surface area contributed by atoms with Crippen LogP contribution in [0.1, 0.15) is 22.8 Å². The number of rotatable bonds is 5. The van der Waals surface area contributed by atoms with Gasteiger partial charge in [0.1, 0.15) is 5.52 Å². The summed E-state index contributed by atoms with van der Waals surface area (Å²) in [6, 6.07) is 11.4. The highest BCUT2D eigenvalue weighted by Crippen LogP contribution is 2.17. The highest BCUT2D eigenvalue weighted by molar-refractivity contribution is 5.96. The number of carbonyl (C=O) groups is 1. The summed E-state index contributed by atoms with van der Waals surface area (Å²) in [4.78, 5) is 21.2. The molecule has 0 bridgehead atoms. The number of aromatic nitrogens is 5. The molecule has 1 amide bonds. The minimum Gasteiger partial charge on any atom is -0.369 e. The molecule has 8 heteroatoms. The molecule has 136 valence electrons. The van der Waals surface area contributed by atoms with Gasteiger partial charge in [-0.2, -0.15) is 5.10 Å². The van der Waals surface area contributed by atoms with Crippen LogP contribution in [0.3, 0.4) is 0 Å². The van der Waals surface area contributed by atoms with Crippen molar-refractivity contribution >= 4 is 23.0 Å². The Labute approximate surface area is 155 Å². The topological polar surface area (TPSA) is 104 Å². The maximum atomic E-state index is 12.6. The lowest BCUT2D eigenvalue weighted by molar-refractivity contribution is 0.0950. The molecule has 0 radical (unpaired) electrons. The molecule has 0 saturated heterocycles. The molecule has 27 heavy (non-hydrogen) atoms. The molecule has 3 aromatic heterocycles. The van der Waals surface area contributed by atoms with Gasteiger partial charge in [-0.05, 0) is 30.7 Å². The van der Waals surface area contributed by atoms with E-state index in [1.807, 2.05) is 43.5 Å². The first kappa shape index (κ1) is 16.8. The number of nitrogens with two attached hydrogens (primary N) is 1. The summed E-state index contributed by atoms with van der Waals surface area (Å²) in [5.74, 6) is 0.176. The number of imidazole rings is 1. The predicted octanol–water partition coefficient (Wildman–Crippen LogP) is 2.15. The fourth-order valence-electron chi connectivity index (χ4n) is 3.04. The van der Waals surface area contributed by atoms with Crippen LogP contribution in [-0.2, 0) is 13.1 Å². The third-order valence-corrected chi connectivity index (χ3v) is 4.38. The zero-order valence-corrected chi connectivity index (χ0v) is 14.8. The van der Waals surface area contributed by atoms with Crippen molar-refractivity contribution in [2.75, 3.05) is 5.73 Å². The lowest BCUT2D eigenvalue weighted by Gasteiger charge is -2.10. The first-order valence-corrected chi connectivity index (χ1v) is 8.65. The van der Waals surface area contributed by atoms with Crippen LogP contribution >= 0.6 is 0 Å². The molecular formula is C19H19N7O. The molecule has 3 heterocycles. The fraction of sp³-hybridized carbons (Fsp3) is 0.158. The fourth-order valence-corrected chi connectivity index (χ4v) is 3.04. The van der Waals surface area contributed by atoms with E-state index in [0.717, 1.165) is 11.3 Å². The minimum atomic E-state index is -0.218. The lowest BCUT2D eigenvalue weighted by atomic mass is 10.1. The van der Waals surface area contributed by atoms with Crippen LogP contribution < -0.4 is 11.1 Å². The Morgan fingerprint density at radius 2 is 2.11 bits per heavy atom. The molecule has 0 aliphatic carbocycles. The normalized spacial score (nSPS) is 11.0.